The van der Waals surface area contributed by atoms with E-state index in [9.17, 15) is 14.9 Å². The van der Waals surface area contributed by atoms with Gasteiger partial charge in [0.2, 0.25) is 5.82 Å². The monoisotopic (exact) mass is 337 g/mol. The summed E-state index contributed by atoms with van der Waals surface area (Å²) in [7, 11) is 0. The molecule has 8 heteroatoms. The van der Waals surface area contributed by atoms with Crippen LogP contribution in [0.4, 0.5) is 11.5 Å². The fraction of sp³-hybridized carbons (Fsp3) is 0.143. The van der Waals surface area contributed by atoms with Gasteiger partial charge in [0, 0.05) is 6.07 Å². The summed E-state index contributed by atoms with van der Waals surface area (Å²) < 4.78 is 0. The van der Waals surface area contributed by atoms with E-state index in [2.05, 4.69) is 10.3 Å². The van der Waals surface area contributed by atoms with E-state index in [0.717, 1.165) is 5.75 Å². The van der Waals surface area contributed by atoms with Crippen molar-refractivity contribution in [1.29, 1.82) is 0 Å². The Balaban J connectivity index is 2.34. The summed E-state index contributed by atoms with van der Waals surface area (Å²) in [5.41, 5.74) is -0.0327. The van der Waals surface area contributed by atoms with Crippen LogP contribution in [-0.4, -0.2) is 21.6 Å². The molecule has 1 heterocycles. The normalized spacial score (nSPS) is 10.3. The Bertz CT molecular complexity index is 724. The molecular formula is C14H12ClN3O3S. The number of pyridine rings is 1. The quantitative estimate of drug-likeness (QED) is 0.506. The number of nitrogens with one attached hydrogen (secondary N) is 1. The lowest BCUT2D eigenvalue weighted by Gasteiger charge is -2.08. The number of carbonyl (C=O) groups is 1. The minimum absolute atomic E-state index is 0.0895. The number of hydrogen-bond acceptors (Lipinski definition) is 5. The third-order valence-corrected chi connectivity index (χ3v) is 3.83. The van der Waals surface area contributed by atoms with Gasteiger partial charge in [-0.05, 0) is 24.0 Å². The molecule has 1 aromatic heterocycles. The molecule has 114 valence electrons. The first-order valence-corrected chi connectivity index (χ1v) is 7.73. The van der Waals surface area contributed by atoms with Gasteiger partial charge in [0.15, 0.2) is 0 Å². The predicted molar refractivity (Wildman–Crippen MR) is 86.7 cm³/mol. The van der Waals surface area contributed by atoms with Gasteiger partial charge in [-0.2, -0.15) is 0 Å². The van der Waals surface area contributed by atoms with Crippen molar-refractivity contribution in [2.24, 2.45) is 0 Å². The number of hydrogen-bond donors (Lipinski definition) is 1. The van der Waals surface area contributed by atoms with E-state index in [0.29, 0.717) is 5.03 Å². The summed E-state index contributed by atoms with van der Waals surface area (Å²) in [4.78, 5) is 26.8. The van der Waals surface area contributed by atoms with Crippen LogP contribution in [0.5, 0.6) is 0 Å². The molecule has 1 amide bonds. The molecule has 0 aliphatic heterocycles. The summed E-state index contributed by atoms with van der Waals surface area (Å²) in [6, 6.07) is 9.34. The number of aromatic nitrogens is 1. The van der Waals surface area contributed by atoms with E-state index in [1.165, 1.54) is 23.9 Å². The lowest BCUT2D eigenvalue weighted by molar-refractivity contribution is -0.384. The van der Waals surface area contributed by atoms with Crippen LogP contribution in [0.1, 0.15) is 17.3 Å². The molecule has 0 bridgehead atoms. The van der Waals surface area contributed by atoms with Crippen molar-refractivity contribution in [2.45, 2.75) is 11.9 Å². The summed E-state index contributed by atoms with van der Waals surface area (Å²) in [6.45, 7) is 1.94. The molecule has 2 aromatic rings. The Morgan fingerprint density at radius 2 is 2.09 bits per heavy atom. The van der Waals surface area contributed by atoms with Gasteiger partial charge in [-0.3, -0.25) is 14.9 Å². The lowest BCUT2D eigenvalue weighted by Crippen LogP contribution is -2.15. The van der Waals surface area contributed by atoms with Gasteiger partial charge < -0.3 is 5.32 Å². The summed E-state index contributed by atoms with van der Waals surface area (Å²) >= 11 is 7.37. The molecule has 0 radical (unpaired) electrons. The maximum Gasteiger partial charge on any atom is 0.311 e. The number of anilines is 1. The third-order valence-electron chi connectivity index (χ3n) is 2.69. The van der Waals surface area contributed by atoms with E-state index in [-0.39, 0.29) is 22.1 Å². The van der Waals surface area contributed by atoms with Crippen molar-refractivity contribution >= 4 is 40.8 Å². The minimum Gasteiger partial charge on any atom is -0.301 e. The Morgan fingerprint density at radius 1 is 1.36 bits per heavy atom. The number of thioether (sulfide) groups is 1. The fourth-order valence-corrected chi connectivity index (χ4v) is 2.56. The summed E-state index contributed by atoms with van der Waals surface area (Å²) in [5.74, 6) is 0.135. The zero-order chi connectivity index (χ0) is 16.1. The minimum atomic E-state index is -0.588. The first kappa shape index (κ1) is 16.3. The highest BCUT2D eigenvalue weighted by Crippen LogP contribution is 2.27. The Kier molecular flexibility index (Phi) is 5.35. The van der Waals surface area contributed by atoms with Crippen molar-refractivity contribution in [3.05, 3.63) is 57.1 Å². The zero-order valence-electron chi connectivity index (χ0n) is 11.6. The fourth-order valence-electron chi connectivity index (χ4n) is 1.72. The van der Waals surface area contributed by atoms with Crippen LogP contribution < -0.4 is 5.32 Å². The van der Waals surface area contributed by atoms with Crippen LogP contribution in [0.15, 0.2) is 41.4 Å². The largest absolute Gasteiger partial charge is 0.311 e. The van der Waals surface area contributed by atoms with Gasteiger partial charge in [-0.15, -0.1) is 11.8 Å². The second-order valence-electron chi connectivity index (χ2n) is 4.14. The lowest BCUT2D eigenvalue weighted by atomic mass is 10.2. The SMILES string of the molecule is CCSc1ccc([N+](=O)[O-])c(NC(=O)c2ccccc2Cl)n1. The highest BCUT2D eigenvalue weighted by Gasteiger charge is 2.20. The molecule has 0 spiro atoms. The van der Waals surface area contributed by atoms with Crippen LogP contribution in [0.25, 0.3) is 0 Å². The summed E-state index contributed by atoms with van der Waals surface area (Å²) in [6.07, 6.45) is 0. The van der Waals surface area contributed by atoms with Gasteiger partial charge in [0.1, 0.15) is 0 Å². The van der Waals surface area contributed by atoms with E-state index >= 15 is 0 Å². The standard InChI is InChI=1S/C14H12ClN3O3S/c1-2-22-12-8-7-11(18(20)21)13(16-12)17-14(19)9-5-3-4-6-10(9)15/h3-8H,2H2,1H3,(H,16,17,19). The second-order valence-corrected chi connectivity index (χ2v) is 5.83. The average Bonchev–Trinajstić information content (AvgIpc) is 2.48. The average molecular weight is 338 g/mol. The molecule has 1 aromatic carbocycles. The van der Waals surface area contributed by atoms with Crippen molar-refractivity contribution in [3.63, 3.8) is 0 Å². The van der Waals surface area contributed by atoms with Crippen LogP contribution in [0.2, 0.25) is 5.02 Å². The van der Waals surface area contributed by atoms with Gasteiger partial charge in [0.05, 0.1) is 20.5 Å². The van der Waals surface area contributed by atoms with Crippen LogP contribution >= 0.6 is 23.4 Å². The van der Waals surface area contributed by atoms with E-state index in [1.54, 1.807) is 24.3 Å². The second kappa shape index (κ2) is 7.24. The van der Waals surface area contributed by atoms with Crippen molar-refractivity contribution in [1.82, 2.24) is 4.98 Å². The molecule has 6 nitrogen and oxygen atoms in total. The highest BCUT2D eigenvalue weighted by atomic mass is 35.5. The van der Waals surface area contributed by atoms with Crippen molar-refractivity contribution < 1.29 is 9.72 Å². The molecule has 0 unspecified atom stereocenters. The van der Waals surface area contributed by atoms with Gasteiger partial charge >= 0.3 is 5.69 Å². The molecule has 22 heavy (non-hydrogen) atoms. The molecule has 0 atom stereocenters. The number of nitrogens with zero attached hydrogens (tertiary/aromatic N) is 2. The number of benzene rings is 1. The van der Waals surface area contributed by atoms with E-state index in [1.807, 2.05) is 6.92 Å². The molecule has 2 rings (SSSR count). The van der Waals surface area contributed by atoms with E-state index < -0.39 is 10.8 Å². The maximum atomic E-state index is 12.2. The van der Waals surface area contributed by atoms with Gasteiger partial charge in [-0.25, -0.2) is 4.98 Å². The molecule has 0 aliphatic rings. The molecule has 0 saturated heterocycles. The topological polar surface area (TPSA) is 85.1 Å². The highest BCUT2D eigenvalue weighted by molar-refractivity contribution is 7.99. The van der Waals surface area contributed by atoms with Crippen LogP contribution in [0, 0.1) is 10.1 Å². The number of carbonyl (C=O) groups excluding carboxylic acids is 1. The molecular weight excluding hydrogens is 326 g/mol. The molecule has 0 aliphatic carbocycles. The zero-order valence-corrected chi connectivity index (χ0v) is 13.1. The number of nitro groups is 1. The molecule has 0 saturated carbocycles. The van der Waals surface area contributed by atoms with Crippen LogP contribution in [-0.2, 0) is 0 Å². The van der Waals surface area contributed by atoms with Crippen molar-refractivity contribution in [2.75, 3.05) is 11.1 Å². The number of amides is 1. The maximum absolute atomic E-state index is 12.2. The van der Waals surface area contributed by atoms with Gasteiger partial charge in [0.25, 0.3) is 5.91 Å². The van der Waals surface area contributed by atoms with Crippen molar-refractivity contribution in [3.8, 4) is 0 Å². The smallest absolute Gasteiger partial charge is 0.301 e. The first-order chi connectivity index (χ1) is 10.5. The summed E-state index contributed by atoms with van der Waals surface area (Å²) in [5, 5.41) is 14.4. The number of rotatable bonds is 5. The Labute approximate surface area is 136 Å². The van der Waals surface area contributed by atoms with Crippen LogP contribution in [0.3, 0.4) is 0 Å². The predicted octanol–water partition coefficient (Wildman–Crippen LogP) is 4.01. The Morgan fingerprint density at radius 3 is 2.73 bits per heavy atom. The first-order valence-electron chi connectivity index (χ1n) is 6.37. The molecule has 1 N–H and O–H groups in total. The Hall–Kier alpha value is -2.12. The van der Waals surface area contributed by atoms with Gasteiger partial charge in [-0.1, -0.05) is 30.7 Å². The third kappa shape index (κ3) is 3.75. The number of halogens is 1. The molecule has 0 fully saturated rings. The van der Waals surface area contributed by atoms with E-state index in [4.69, 9.17) is 11.6 Å².